The monoisotopic (exact) mass is 459 g/mol. The molecule has 1 aliphatic carbocycles. The van der Waals surface area contributed by atoms with Crippen molar-refractivity contribution >= 4 is 5.97 Å². The third-order valence-electron chi connectivity index (χ3n) is 7.32. The van der Waals surface area contributed by atoms with Gasteiger partial charge in [-0.05, 0) is 79.8 Å². The third-order valence-corrected chi connectivity index (χ3v) is 7.32. The minimum Gasteiger partial charge on any atom is -0.426 e. The van der Waals surface area contributed by atoms with Gasteiger partial charge in [0.05, 0.1) is 17.6 Å². The molecule has 3 heteroatoms. The zero-order valence-corrected chi connectivity index (χ0v) is 20.9. The molecule has 2 aromatic carbocycles. The van der Waals surface area contributed by atoms with E-state index in [0.717, 1.165) is 31.6 Å². The predicted molar refractivity (Wildman–Crippen MR) is 139 cm³/mol. The second-order valence-electron chi connectivity index (χ2n) is 10.0. The van der Waals surface area contributed by atoms with Crippen LogP contribution in [0, 0.1) is 23.2 Å². The van der Waals surface area contributed by atoms with E-state index >= 15 is 0 Å². The van der Waals surface area contributed by atoms with Gasteiger partial charge in [-0.3, -0.25) is 4.79 Å². The standard InChI is InChI=1S/C31H41NO2/c1-2-3-4-5-6-7-8-9-25-16-20-29(21-17-25)31(33)34-30-22-18-27(19-23-30)11-10-26-12-14-28(24-32)15-13-26/h12-15,18-19,22-23,25,29H,2-11,16-17,20-21H2,1H3. The molecule has 0 N–H and O–H groups in total. The lowest BCUT2D eigenvalue weighted by Crippen LogP contribution is -2.25. The third kappa shape index (κ3) is 8.98. The van der Waals surface area contributed by atoms with Gasteiger partial charge in [-0.15, -0.1) is 0 Å². The van der Waals surface area contributed by atoms with Crippen LogP contribution in [0.2, 0.25) is 0 Å². The quantitative estimate of drug-likeness (QED) is 0.172. The molecule has 182 valence electrons. The minimum atomic E-state index is -0.0558. The lowest BCUT2D eigenvalue weighted by molar-refractivity contribution is -0.140. The van der Waals surface area contributed by atoms with Crippen molar-refractivity contribution in [2.24, 2.45) is 11.8 Å². The van der Waals surface area contributed by atoms with Crippen molar-refractivity contribution in [2.75, 3.05) is 0 Å². The van der Waals surface area contributed by atoms with Crippen molar-refractivity contribution in [1.29, 1.82) is 5.26 Å². The Morgan fingerprint density at radius 2 is 1.38 bits per heavy atom. The van der Waals surface area contributed by atoms with Crippen LogP contribution in [0.5, 0.6) is 5.75 Å². The van der Waals surface area contributed by atoms with E-state index in [1.54, 1.807) is 0 Å². The Morgan fingerprint density at radius 1 is 0.824 bits per heavy atom. The van der Waals surface area contributed by atoms with Crippen molar-refractivity contribution in [3.8, 4) is 11.8 Å². The van der Waals surface area contributed by atoms with Crippen LogP contribution in [0.3, 0.4) is 0 Å². The number of rotatable bonds is 13. The van der Waals surface area contributed by atoms with Crippen LogP contribution in [0.25, 0.3) is 0 Å². The maximum atomic E-state index is 12.7. The highest BCUT2D eigenvalue weighted by molar-refractivity contribution is 5.75. The fraction of sp³-hybridized carbons (Fsp3) is 0.548. The Morgan fingerprint density at radius 3 is 1.97 bits per heavy atom. The molecule has 0 unspecified atom stereocenters. The van der Waals surface area contributed by atoms with E-state index < -0.39 is 0 Å². The number of ether oxygens (including phenoxy) is 1. The highest BCUT2D eigenvalue weighted by Gasteiger charge is 2.27. The summed E-state index contributed by atoms with van der Waals surface area (Å²) >= 11 is 0. The summed E-state index contributed by atoms with van der Waals surface area (Å²) in [5, 5.41) is 8.90. The van der Waals surface area contributed by atoms with Crippen LogP contribution in [0.4, 0.5) is 0 Å². The summed E-state index contributed by atoms with van der Waals surface area (Å²) in [6, 6.07) is 17.8. The fourth-order valence-corrected chi connectivity index (χ4v) is 5.04. The molecule has 0 radical (unpaired) electrons. The molecule has 3 rings (SSSR count). The topological polar surface area (TPSA) is 50.1 Å². The van der Waals surface area contributed by atoms with E-state index in [2.05, 4.69) is 13.0 Å². The van der Waals surface area contributed by atoms with Gasteiger partial charge in [0.25, 0.3) is 0 Å². The number of hydrogen-bond acceptors (Lipinski definition) is 3. The van der Waals surface area contributed by atoms with Crippen LogP contribution < -0.4 is 4.74 Å². The summed E-state index contributed by atoms with van der Waals surface area (Å²) in [5.74, 6) is 1.45. The molecule has 0 heterocycles. The predicted octanol–water partition coefficient (Wildman–Crippen LogP) is 8.20. The number of nitriles is 1. The summed E-state index contributed by atoms with van der Waals surface area (Å²) in [7, 11) is 0. The molecule has 3 nitrogen and oxygen atoms in total. The lowest BCUT2D eigenvalue weighted by atomic mass is 9.80. The summed E-state index contributed by atoms with van der Waals surface area (Å²) < 4.78 is 5.71. The van der Waals surface area contributed by atoms with E-state index in [0.29, 0.717) is 11.3 Å². The fourth-order valence-electron chi connectivity index (χ4n) is 5.04. The van der Waals surface area contributed by atoms with Gasteiger partial charge >= 0.3 is 5.97 Å². The van der Waals surface area contributed by atoms with Crippen molar-refractivity contribution < 1.29 is 9.53 Å². The van der Waals surface area contributed by atoms with E-state index in [4.69, 9.17) is 10.00 Å². The van der Waals surface area contributed by atoms with Gasteiger partial charge < -0.3 is 4.74 Å². The highest BCUT2D eigenvalue weighted by Crippen LogP contribution is 2.33. The molecule has 0 atom stereocenters. The number of hydrogen-bond donors (Lipinski definition) is 0. The first-order valence-electron chi connectivity index (χ1n) is 13.5. The number of nitrogens with zero attached hydrogens (tertiary/aromatic N) is 1. The number of unbranched alkanes of at least 4 members (excludes halogenated alkanes) is 6. The summed E-state index contributed by atoms with van der Waals surface area (Å²) in [6.45, 7) is 2.27. The Balaban J connectivity index is 1.32. The Bertz CT molecular complexity index is 887. The minimum absolute atomic E-state index is 0.0558. The van der Waals surface area contributed by atoms with Gasteiger partial charge in [0.2, 0.25) is 0 Å². The zero-order chi connectivity index (χ0) is 24.0. The van der Waals surface area contributed by atoms with Crippen LogP contribution in [-0.2, 0) is 17.6 Å². The second-order valence-corrected chi connectivity index (χ2v) is 10.0. The van der Waals surface area contributed by atoms with Crippen LogP contribution in [0.1, 0.15) is 101 Å². The molecule has 1 fully saturated rings. The molecule has 1 aliphatic rings. The van der Waals surface area contributed by atoms with E-state index in [-0.39, 0.29) is 11.9 Å². The van der Waals surface area contributed by atoms with E-state index in [9.17, 15) is 4.79 Å². The maximum Gasteiger partial charge on any atom is 0.314 e. The highest BCUT2D eigenvalue weighted by atomic mass is 16.5. The molecule has 0 amide bonds. The average molecular weight is 460 g/mol. The van der Waals surface area contributed by atoms with Gasteiger partial charge in [-0.1, -0.05) is 82.6 Å². The number of esters is 1. The van der Waals surface area contributed by atoms with Crippen LogP contribution >= 0.6 is 0 Å². The lowest BCUT2D eigenvalue weighted by Gasteiger charge is -2.27. The van der Waals surface area contributed by atoms with Gasteiger partial charge in [0.15, 0.2) is 0 Å². The summed E-state index contributed by atoms with van der Waals surface area (Å²) in [6.07, 6.45) is 17.1. The first kappa shape index (κ1) is 26.0. The van der Waals surface area contributed by atoms with Gasteiger partial charge in [-0.2, -0.15) is 5.26 Å². The molecule has 0 bridgehead atoms. The van der Waals surface area contributed by atoms with Gasteiger partial charge in [0.1, 0.15) is 5.75 Å². The largest absolute Gasteiger partial charge is 0.426 e. The number of carbonyl (C=O) groups is 1. The zero-order valence-electron chi connectivity index (χ0n) is 20.9. The van der Waals surface area contributed by atoms with Gasteiger partial charge in [-0.25, -0.2) is 0 Å². The van der Waals surface area contributed by atoms with Gasteiger partial charge in [0, 0.05) is 0 Å². The molecule has 1 saturated carbocycles. The van der Waals surface area contributed by atoms with Crippen molar-refractivity contribution in [3.05, 3.63) is 65.2 Å². The van der Waals surface area contributed by atoms with Crippen molar-refractivity contribution in [2.45, 2.75) is 96.8 Å². The normalized spacial score (nSPS) is 17.8. The van der Waals surface area contributed by atoms with Crippen molar-refractivity contribution in [3.63, 3.8) is 0 Å². The molecule has 0 aromatic heterocycles. The SMILES string of the molecule is CCCCCCCCCC1CCC(C(=O)Oc2ccc(CCc3ccc(C#N)cc3)cc2)CC1. The summed E-state index contributed by atoms with van der Waals surface area (Å²) in [5.41, 5.74) is 3.13. The Hall–Kier alpha value is -2.60. The summed E-state index contributed by atoms with van der Waals surface area (Å²) in [4.78, 5) is 12.7. The van der Waals surface area contributed by atoms with Crippen molar-refractivity contribution in [1.82, 2.24) is 0 Å². The molecular weight excluding hydrogens is 418 g/mol. The average Bonchev–Trinajstić information content (AvgIpc) is 2.88. The van der Waals surface area contributed by atoms with Crippen LogP contribution in [0.15, 0.2) is 48.5 Å². The molecule has 2 aromatic rings. The molecule has 0 aliphatic heterocycles. The Labute approximate surface area is 206 Å². The maximum absolute atomic E-state index is 12.7. The first-order valence-corrected chi connectivity index (χ1v) is 13.5. The number of aryl methyl sites for hydroxylation is 2. The van der Waals surface area contributed by atoms with E-state index in [1.165, 1.54) is 75.3 Å². The smallest absolute Gasteiger partial charge is 0.314 e. The number of benzene rings is 2. The molecule has 0 spiro atoms. The Kier molecular flexibility index (Phi) is 11.2. The van der Waals surface area contributed by atoms with Crippen LogP contribution in [-0.4, -0.2) is 5.97 Å². The van der Waals surface area contributed by atoms with E-state index in [1.807, 2.05) is 48.5 Å². The number of carbonyl (C=O) groups excluding carboxylic acids is 1. The first-order chi connectivity index (χ1) is 16.7. The second kappa shape index (κ2) is 14.6. The molecular formula is C31H41NO2. The molecule has 0 saturated heterocycles. The molecule has 34 heavy (non-hydrogen) atoms.